The Labute approximate surface area is 68.8 Å². The van der Waals surface area contributed by atoms with Gasteiger partial charge < -0.3 is 0 Å². The van der Waals surface area contributed by atoms with Crippen LogP contribution < -0.4 is 0 Å². The van der Waals surface area contributed by atoms with Gasteiger partial charge in [0.1, 0.15) is 0 Å². The third-order valence-corrected chi connectivity index (χ3v) is 1.50. The molecule has 1 rings (SSSR count). The molecule has 0 aromatic heterocycles. The molecule has 0 atom stereocenters. The molecule has 0 fully saturated rings. The molecule has 0 unspecified atom stereocenters. The van der Waals surface area contributed by atoms with E-state index < -0.39 is 0 Å². The van der Waals surface area contributed by atoms with E-state index in [1.54, 1.807) is 12.2 Å². The van der Waals surface area contributed by atoms with Gasteiger partial charge >= 0.3 is 0 Å². The van der Waals surface area contributed by atoms with Crippen LogP contribution in [-0.4, -0.2) is 5.78 Å². The highest BCUT2D eigenvalue weighted by Crippen LogP contribution is 2.14. The van der Waals surface area contributed by atoms with Crippen LogP contribution in [0.5, 0.6) is 0 Å². The second-order valence-electron chi connectivity index (χ2n) is 2.24. The second-order valence-corrected chi connectivity index (χ2v) is 2.24. The maximum atomic E-state index is 10.7. The molecule has 1 aliphatic carbocycles. The highest BCUT2D eigenvalue weighted by Gasteiger charge is 2.05. The number of carbonyl (C=O) groups is 1. The largest absolute Gasteiger partial charge is 0.295 e. The summed E-state index contributed by atoms with van der Waals surface area (Å²) < 4.78 is 0. The Morgan fingerprint density at radius 1 is 1.45 bits per heavy atom. The average molecular weight is 152 g/mol. The van der Waals surface area contributed by atoms with Crippen molar-refractivity contribution in [1.29, 1.82) is 0 Å². The molecule has 0 saturated carbocycles. The van der Waals surface area contributed by atoms with Gasteiger partial charge in [0.15, 0.2) is 5.78 Å². The van der Waals surface area contributed by atoms with Crippen molar-refractivity contribution < 1.29 is 4.79 Å². The van der Waals surface area contributed by atoms with Crippen molar-refractivity contribution in [2.75, 3.05) is 0 Å². The fraction of sp³-hybridized carbons (Fsp3) is 0.500. The fourth-order valence-electron chi connectivity index (χ4n) is 0.979. The van der Waals surface area contributed by atoms with Gasteiger partial charge in [0.2, 0.25) is 0 Å². The Hall–Kier alpha value is -0.850. The van der Waals surface area contributed by atoms with Gasteiger partial charge in [-0.05, 0) is 24.5 Å². The van der Waals surface area contributed by atoms with E-state index in [1.165, 1.54) is 0 Å². The summed E-state index contributed by atoms with van der Waals surface area (Å²) in [5, 5.41) is 0. The first-order valence-electron chi connectivity index (χ1n) is 4.19. The maximum Gasteiger partial charge on any atom is 0.155 e. The molecule has 11 heavy (non-hydrogen) atoms. The van der Waals surface area contributed by atoms with Gasteiger partial charge in [-0.25, -0.2) is 0 Å². The molecular weight excluding hydrogens is 136 g/mol. The van der Waals surface area contributed by atoms with E-state index in [-0.39, 0.29) is 5.78 Å². The molecule has 0 aromatic carbocycles. The lowest BCUT2D eigenvalue weighted by Crippen LogP contribution is -2.00. The van der Waals surface area contributed by atoms with Crippen LogP contribution >= 0.6 is 0 Å². The Balaban J connectivity index is 0.000000461. The zero-order chi connectivity index (χ0) is 8.69. The number of carbonyl (C=O) groups excluding carboxylic acids is 1. The summed E-state index contributed by atoms with van der Waals surface area (Å²) in [4.78, 5) is 10.7. The number of hydrogen-bond donors (Lipinski definition) is 0. The van der Waals surface area contributed by atoms with Crippen LogP contribution in [0.3, 0.4) is 0 Å². The molecular formula is C10H16O. The Kier molecular flexibility index (Phi) is 5.44. The Morgan fingerprint density at radius 2 is 2.09 bits per heavy atom. The molecule has 0 aliphatic heterocycles. The number of ketones is 1. The minimum Gasteiger partial charge on any atom is -0.295 e. The second kappa shape index (κ2) is 5.90. The molecule has 62 valence electrons. The Morgan fingerprint density at radius 3 is 2.45 bits per heavy atom. The number of hydrogen-bond acceptors (Lipinski definition) is 1. The molecule has 0 spiro atoms. The van der Waals surface area contributed by atoms with Crippen LogP contribution in [0.2, 0.25) is 0 Å². The molecule has 0 radical (unpaired) electrons. The molecule has 0 amide bonds. The first kappa shape index (κ1) is 10.2. The molecule has 0 bridgehead atoms. The predicted octanol–water partition coefficient (Wildman–Crippen LogP) is 2.88. The van der Waals surface area contributed by atoms with Crippen molar-refractivity contribution in [1.82, 2.24) is 0 Å². The smallest absolute Gasteiger partial charge is 0.155 e. The van der Waals surface area contributed by atoms with Crippen LogP contribution in [0, 0.1) is 0 Å². The topological polar surface area (TPSA) is 17.1 Å². The fourth-order valence-corrected chi connectivity index (χ4v) is 0.979. The van der Waals surface area contributed by atoms with E-state index >= 15 is 0 Å². The minimum atomic E-state index is 0.246. The average Bonchev–Trinajstić information content (AvgIpc) is 2.08. The van der Waals surface area contributed by atoms with Gasteiger partial charge in [-0.1, -0.05) is 26.5 Å². The molecule has 0 N–H and O–H groups in total. The van der Waals surface area contributed by atoms with Crippen LogP contribution in [-0.2, 0) is 4.79 Å². The van der Waals surface area contributed by atoms with Crippen molar-refractivity contribution in [2.24, 2.45) is 0 Å². The van der Waals surface area contributed by atoms with Crippen LogP contribution in [0.4, 0.5) is 0 Å². The van der Waals surface area contributed by atoms with E-state index in [0.29, 0.717) is 0 Å². The molecule has 1 nitrogen and oxygen atoms in total. The van der Waals surface area contributed by atoms with E-state index in [0.717, 1.165) is 24.8 Å². The minimum absolute atomic E-state index is 0.246. The monoisotopic (exact) mass is 152 g/mol. The molecule has 0 saturated heterocycles. The third-order valence-electron chi connectivity index (χ3n) is 1.50. The SMILES string of the molecule is C=CC1=CC(=O)CCC1.CC. The summed E-state index contributed by atoms with van der Waals surface area (Å²) in [5.74, 6) is 0.246. The van der Waals surface area contributed by atoms with Crippen LogP contribution in [0.15, 0.2) is 24.3 Å². The van der Waals surface area contributed by atoms with Crippen molar-refractivity contribution in [3.8, 4) is 0 Å². The normalized spacial score (nSPS) is 16.2. The van der Waals surface area contributed by atoms with Crippen LogP contribution in [0.1, 0.15) is 33.1 Å². The van der Waals surface area contributed by atoms with Gasteiger partial charge in [0.25, 0.3) is 0 Å². The zero-order valence-electron chi connectivity index (χ0n) is 7.39. The third kappa shape index (κ3) is 3.76. The van der Waals surface area contributed by atoms with Crippen LogP contribution in [0.25, 0.3) is 0 Å². The van der Waals surface area contributed by atoms with Gasteiger partial charge in [0, 0.05) is 6.42 Å². The summed E-state index contributed by atoms with van der Waals surface area (Å²) in [6.07, 6.45) is 6.19. The van der Waals surface area contributed by atoms with E-state index in [1.807, 2.05) is 13.8 Å². The molecule has 0 aromatic rings. The molecule has 1 heteroatoms. The highest BCUT2D eigenvalue weighted by molar-refractivity contribution is 5.91. The van der Waals surface area contributed by atoms with Gasteiger partial charge in [0.05, 0.1) is 0 Å². The van der Waals surface area contributed by atoms with Gasteiger partial charge in [-0.2, -0.15) is 0 Å². The number of rotatable bonds is 1. The van der Waals surface area contributed by atoms with Crippen molar-refractivity contribution >= 4 is 5.78 Å². The zero-order valence-corrected chi connectivity index (χ0v) is 7.39. The van der Waals surface area contributed by atoms with E-state index in [9.17, 15) is 4.79 Å². The number of allylic oxidation sites excluding steroid dienone is 3. The maximum absolute atomic E-state index is 10.7. The Bertz CT molecular complexity index is 166. The van der Waals surface area contributed by atoms with Gasteiger partial charge in [-0.3, -0.25) is 4.79 Å². The summed E-state index contributed by atoms with van der Waals surface area (Å²) in [6, 6.07) is 0. The van der Waals surface area contributed by atoms with Crippen molar-refractivity contribution in [2.45, 2.75) is 33.1 Å². The first-order valence-corrected chi connectivity index (χ1v) is 4.19. The lowest BCUT2D eigenvalue weighted by atomic mass is 9.99. The summed E-state index contributed by atoms with van der Waals surface area (Å²) >= 11 is 0. The summed E-state index contributed by atoms with van der Waals surface area (Å²) in [5.41, 5.74) is 1.09. The quantitative estimate of drug-likeness (QED) is 0.564. The van der Waals surface area contributed by atoms with Gasteiger partial charge in [-0.15, -0.1) is 0 Å². The lowest BCUT2D eigenvalue weighted by Gasteiger charge is -2.05. The van der Waals surface area contributed by atoms with E-state index in [4.69, 9.17) is 0 Å². The predicted molar refractivity (Wildman–Crippen MR) is 48.5 cm³/mol. The molecule has 0 heterocycles. The molecule has 1 aliphatic rings. The van der Waals surface area contributed by atoms with E-state index in [2.05, 4.69) is 6.58 Å². The standard InChI is InChI=1S/C8H10O.C2H6/c1-2-7-4-3-5-8(9)6-7;1-2/h2,6H,1,3-5H2;1-2H3. The first-order chi connectivity index (χ1) is 5.33. The lowest BCUT2D eigenvalue weighted by molar-refractivity contribution is -0.115. The summed E-state index contributed by atoms with van der Waals surface area (Å²) in [6.45, 7) is 7.60. The summed E-state index contributed by atoms with van der Waals surface area (Å²) in [7, 11) is 0. The van der Waals surface area contributed by atoms with Crippen molar-refractivity contribution in [3.63, 3.8) is 0 Å². The highest BCUT2D eigenvalue weighted by atomic mass is 16.1. The van der Waals surface area contributed by atoms with Crippen molar-refractivity contribution in [3.05, 3.63) is 24.3 Å².